The van der Waals surface area contributed by atoms with Gasteiger partial charge in [0.25, 0.3) is 5.69 Å². The van der Waals surface area contributed by atoms with E-state index in [1.807, 2.05) is 72.8 Å². The summed E-state index contributed by atoms with van der Waals surface area (Å²) in [7, 11) is -4.61. The zero-order chi connectivity index (χ0) is 41.6. The molecule has 11 rings (SSSR count). The third kappa shape index (κ3) is 7.55. The van der Waals surface area contributed by atoms with E-state index in [2.05, 4.69) is 0 Å². The minimum atomic E-state index is -2.39. The van der Waals surface area contributed by atoms with E-state index in [0.29, 0.717) is 114 Å². The monoisotopic (exact) mass is 885 g/mol. The van der Waals surface area contributed by atoms with Crippen LogP contribution in [0.5, 0.6) is 5.75 Å². The van der Waals surface area contributed by atoms with Crippen molar-refractivity contribution in [1.82, 2.24) is 0 Å². The van der Waals surface area contributed by atoms with Gasteiger partial charge in [-0.25, -0.2) is 0 Å². The summed E-state index contributed by atoms with van der Waals surface area (Å²) in [5.41, 5.74) is 4.52. The normalized spacial score (nSPS) is 17.9. The lowest BCUT2D eigenvalue weighted by Gasteiger charge is -2.11. The lowest BCUT2D eigenvalue weighted by molar-refractivity contribution is -0.384. The van der Waals surface area contributed by atoms with Crippen molar-refractivity contribution in [2.24, 2.45) is 0 Å². The van der Waals surface area contributed by atoms with Crippen LogP contribution in [-0.4, -0.2) is 57.8 Å². The molecule has 4 aliphatic heterocycles. The van der Waals surface area contributed by atoms with Crippen LogP contribution in [0, 0.1) is 10.1 Å². The van der Waals surface area contributed by atoms with Gasteiger partial charge in [-0.3, -0.25) is 14.6 Å². The summed E-state index contributed by atoms with van der Waals surface area (Å²) in [6, 6.07) is 26.9. The Morgan fingerprint density at radius 3 is 1.21 bits per heavy atom. The average molecular weight is 886 g/mol. The average Bonchev–Trinajstić information content (AvgIpc) is 4.15. The van der Waals surface area contributed by atoms with E-state index >= 15 is 0 Å². The van der Waals surface area contributed by atoms with Crippen LogP contribution in [0.3, 0.4) is 0 Å². The van der Waals surface area contributed by atoms with Gasteiger partial charge >= 0.3 is 16.5 Å². The number of nitro benzene ring substituents is 1. The molecule has 4 aliphatic rings. The second-order valence-corrected chi connectivity index (χ2v) is 16.5. The van der Waals surface area contributed by atoms with Crippen molar-refractivity contribution in [3.05, 3.63) is 129 Å². The van der Waals surface area contributed by atoms with Crippen molar-refractivity contribution in [2.45, 2.75) is 31.8 Å². The molecular formula is C43H37NO16P2. The second kappa shape index (κ2) is 17.1. The van der Waals surface area contributed by atoms with Crippen LogP contribution in [0.1, 0.15) is 53.0 Å². The van der Waals surface area contributed by atoms with Gasteiger partial charge in [0, 0.05) is 33.2 Å². The van der Waals surface area contributed by atoms with Crippen molar-refractivity contribution < 1.29 is 68.7 Å². The third-order valence-corrected chi connectivity index (χ3v) is 12.7. The van der Waals surface area contributed by atoms with Crippen LogP contribution in [0.25, 0.3) is 43.9 Å². The van der Waals surface area contributed by atoms with Gasteiger partial charge in [0.2, 0.25) is 0 Å². The van der Waals surface area contributed by atoms with Gasteiger partial charge in [-0.05, 0) is 6.07 Å². The summed E-state index contributed by atoms with van der Waals surface area (Å²) in [5, 5.41) is 15.1. The number of para-hydroxylation sites is 4. The molecule has 0 unspecified atom stereocenters. The number of ether oxygens (including phenoxy) is 8. The predicted molar refractivity (Wildman–Crippen MR) is 221 cm³/mol. The minimum Gasteiger partial charge on any atom is -0.398 e. The molecule has 0 amide bonds. The molecule has 62 heavy (non-hydrogen) atoms. The molecule has 0 bridgehead atoms. The highest BCUT2D eigenvalue weighted by Crippen LogP contribution is 2.46. The summed E-state index contributed by atoms with van der Waals surface area (Å²) < 4.78 is 86.9. The maximum absolute atomic E-state index is 12.2. The van der Waals surface area contributed by atoms with Crippen LogP contribution >= 0.6 is 16.5 Å². The van der Waals surface area contributed by atoms with Gasteiger partial charge in [-0.15, -0.1) is 0 Å². The van der Waals surface area contributed by atoms with Gasteiger partial charge < -0.3 is 59.2 Å². The Kier molecular flexibility index (Phi) is 10.9. The summed E-state index contributed by atoms with van der Waals surface area (Å²) in [4.78, 5) is 11.7. The molecule has 0 saturated carbocycles. The highest BCUT2D eigenvalue weighted by molar-refractivity contribution is 7.32. The standard InChI is InChI=1S/C43H37NO16P2/c45-44(46)26-14-13-25(24-55-61-57-36-27(5-1-9-31(36)40-47-15-16-48-40)28-6-2-10-32(37(28)58-61)41-49-17-18-50-41)35(23-26)56-62-59-38-29(7-3-11-33(38)42-51-19-20-52-42)30-8-4-12-34(39(30)60-62)43-53-21-22-54-43/h1-14,23,40-43H,15-22,24H2. The molecule has 0 atom stereocenters. The second-order valence-electron chi connectivity index (χ2n) is 14.4. The molecule has 0 N–H and O–H groups in total. The predicted octanol–water partition coefficient (Wildman–Crippen LogP) is 10.5. The van der Waals surface area contributed by atoms with Crippen LogP contribution in [0.2, 0.25) is 0 Å². The molecule has 0 aliphatic carbocycles. The third-order valence-electron chi connectivity index (χ3n) is 10.7. The SMILES string of the molecule is O=[N+]([O-])c1ccc(COp2oc3c(C4OCCO4)cccc3c3cccc(C4OCCO4)c3o2)c(Op2oc3c(C4OCCO4)cccc3c3cccc(C4OCCO4)c3o2)c1. The van der Waals surface area contributed by atoms with E-state index < -0.39 is 46.6 Å². The fourth-order valence-corrected chi connectivity index (χ4v) is 10.1. The number of benzene rings is 5. The first-order chi connectivity index (χ1) is 30.6. The quantitative estimate of drug-likeness (QED) is 0.0931. The minimum absolute atomic E-state index is 0.0690. The molecule has 6 heterocycles. The molecule has 7 aromatic rings. The van der Waals surface area contributed by atoms with Crippen molar-refractivity contribution in [3.63, 3.8) is 0 Å². The van der Waals surface area contributed by atoms with Gasteiger partial charge in [0.1, 0.15) is 5.75 Å². The van der Waals surface area contributed by atoms with Crippen molar-refractivity contribution in [1.29, 1.82) is 0 Å². The number of hydrogen-bond acceptors (Lipinski definition) is 16. The molecular weight excluding hydrogens is 848 g/mol. The molecule has 4 saturated heterocycles. The number of nitro groups is 1. The highest BCUT2D eigenvalue weighted by atomic mass is 31.1. The maximum Gasteiger partial charge on any atom is 0.453 e. The van der Waals surface area contributed by atoms with E-state index in [1.165, 1.54) is 12.1 Å². The van der Waals surface area contributed by atoms with Gasteiger partial charge in [-0.2, -0.15) is 0 Å². The summed E-state index contributed by atoms with van der Waals surface area (Å²) in [6.45, 7) is 3.16. The van der Waals surface area contributed by atoms with Gasteiger partial charge in [-0.1, -0.05) is 72.8 Å². The zero-order valence-electron chi connectivity index (χ0n) is 32.7. The van der Waals surface area contributed by atoms with Crippen molar-refractivity contribution >= 4 is 66.0 Å². The molecule has 2 aromatic heterocycles. The lowest BCUT2D eigenvalue weighted by Crippen LogP contribution is -1.99. The number of non-ortho nitro benzene ring substituents is 1. The largest absolute Gasteiger partial charge is 0.453 e. The van der Waals surface area contributed by atoms with Crippen molar-refractivity contribution in [2.75, 3.05) is 52.9 Å². The molecule has 0 spiro atoms. The van der Waals surface area contributed by atoms with E-state index in [9.17, 15) is 10.1 Å². The van der Waals surface area contributed by atoms with Crippen LogP contribution in [0.15, 0.2) is 108 Å². The molecule has 5 aromatic carbocycles. The van der Waals surface area contributed by atoms with Gasteiger partial charge in [0.05, 0.1) is 92.7 Å². The maximum atomic E-state index is 12.2. The first-order valence-corrected chi connectivity index (χ1v) is 22.1. The fourth-order valence-electron chi connectivity index (χ4n) is 7.86. The van der Waals surface area contributed by atoms with E-state index in [1.54, 1.807) is 6.07 Å². The Balaban J connectivity index is 1.04. The van der Waals surface area contributed by atoms with Gasteiger partial charge in [0.15, 0.2) is 47.5 Å². The molecule has 4 fully saturated rings. The summed E-state index contributed by atoms with van der Waals surface area (Å²) in [5.74, 6) is 0.0690. The zero-order valence-corrected chi connectivity index (χ0v) is 34.5. The van der Waals surface area contributed by atoms with Crippen LogP contribution in [0.4, 0.5) is 5.69 Å². The van der Waals surface area contributed by atoms with Crippen LogP contribution in [-0.2, 0) is 44.5 Å². The fraction of sp³-hybridized carbons (Fsp3) is 0.302. The van der Waals surface area contributed by atoms with E-state index in [-0.39, 0.29) is 18.0 Å². The number of nitrogens with zero attached hydrogens (tertiary/aromatic N) is 1. The number of rotatable bonds is 10. The first kappa shape index (κ1) is 39.6. The highest BCUT2D eigenvalue weighted by Gasteiger charge is 2.29. The van der Waals surface area contributed by atoms with E-state index in [4.69, 9.17) is 63.7 Å². The molecule has 17 nitrogen and oxygen atoms in total. The first-order valence-electron chi connectivity index (χ1n) is 19.9. The lowest BCUT2D eigenvalue weighted by atomic mass is 10.0. The van der Waals surface area contributed by atoms with Crippen LogP contribution < -0.4 is 9.05 Å². The molecule has 19 heteroatoms. The molecule has 0 radical (unpaired) electrons. The Bertz CT molecular complexity index is 2740. The number of hydrogen-bond donors (Lipinski definition) is 0. The Labute approximate surface area is 353 Å². The van der Waals surface area contributed by atoms with E-state index in [0.717, 1.165) is 10.8 Å². The summed E-state index contributed by atoms with van der Waals surface area (Å²) >= 11 is 0. The van der Waals surface area contributed by atoms with Crippen molar-refractivity contribution in [3.8, 4) is 5.75 Å². The molecule has 320 valence electrons. The number of fused-ring (bicyclic) bond motifs is 6. The Hall–Kier alpha value is -5.26. The topological polar surface area (TPSA) is 188 Å². The smallest absolute Gasteiger partial charge is 0.398 e. The summed E-state index contributed by atoms with van der Waals surface area (Å²) in [6.07, 6.45) is -2.74. The Morgan fingerprint density at radius 2 is 0.855 bits per heavy atom. The Morgan fingerprint density at radius 1 is 0.500 bits per heavy atom.